The molecule has 1 aromatic rings. The molecule has 0 radical (unpaired) electrons. The smallest absolute Gasteiger partial charge is 0.274 e. The molecule has 1 unspecified atom stereocenters. The summed E-state index contributed by atoms with van der Waals surface area (Å²) < 4.78 is 8.22. The van der Waals surface area contributed by atoms with Gasteiger partial charge in [-0.05, 0) is 61.9 Å². The average Bonchev–Trinajstić information content (AvgIpc) is 3.22. The Morgan fingerprint density at radius 2 is 1.96 bits per heavy atom. The van der Waals surface area contributed by atoms with E-state index in [1.165, 1.54) is 20.0 Å². The van der Waals surface area contributed by atoms with E-state index >= 15 is 0 Å². The van der Waals surface area contributed by atoms with Crippen molar-refractivity contribution in [3.05, 3.63) is 25.2 Å². The number of rotatable bonds is 3. The van der Waals surface area contributed by atoms with Gasteiger partial charge in [0.15, 0.2) is 11.4 Å². The molecule has 0 N–H and O–H groups in total. The fourth-order valence-electron chi connectivity index (χ4n) is 4.50. The lowest BCUT2D eigenvalue weighted by atomic mass is 10.1. The number of amides is 1. The van der Waals surface area contributed by atoms with Crippen molar-refractivity contribution in [2.75, 3.05) is 33.3 Å². The van der Waals surface area contributed by atoms with E-state index in [0.717, 1.165) is 31.7 Å². The Morgan fingerprint density at radius 1 is 1.25 bits per heavy atom. The number of nitrogens with zero attached hydrogens (tertiary/aromatic N) is 3. The van der Waals surface area contributed by atoms with Crippen molar-refractivity contribution < 1.29 is 9.53 Å². The average molecular weight is 443 g/mol. The lowest BCUT2D eigenvalue weighted by molar-refractivity contribution is 0.0673. The number of pyridine rings is 1. The summed E-state index contributed by atoms with van der Waals surface area (Å²) in [5.41, 5.74) is 1.35. The minimum atomic E-state index is -0.143. The molecule has 1 fully saturated rings. The highest BCUT2D eigenvalue weighted by atomic mass is 127. The molecule has 1 amide bonds. The van der Waals surface area contributed by atoms with Crippen LogP contribution < -0.4 is 10.2 Å². The monoisotopic (exact) mass is 443 g/mol. The highest BCUT2D eigenvalue weighted by Crippen LogP contribution is 2.45. The number of halogens is 1. The molecule has 2 atom stereocenters. The van der Waals surface area contributed by atoms with Crippen molar-refractivity contribution in [3.63, 3.8) is 0 Å². The minimum Gasteiger partial charge on any atom is -0.491 e. The molecule has 0 aliphatic carbocycles. The van der Waals surface area contributed by atoms with E-state index < -0.39 is 0 Å². The summed E-state index contributed by atoms with van der Waals surface area (Å²) in [5.74, 6) is 0.126. The number of carbonyl (C=O) groups excluding carboxylic acids is 1. The third-order valence-electron chi connectivity index (χ3n) is 5.61. The highest BCUT2D eigenvalue weighted by Gasteiger charge is 2.45. The lowest BCUT2D eigenvalue weighted by Crippen LogP contribution is -2.44. The molecule has 1 saturated heterocycles. The third kappa shape index (κ3) is 2.16. The standard InChI is InChI=1S/C17H22IN3O3/c1-3-19-9-10-8-11(20-6-4-5-7-20)13-12(18)15(22)16(24-2)14(17(19)23)21(10)13/h10-11H,3-9H2,1-2H3/t10-,11?/m0/s1. The number of carbonyl (C=O) groups is 1. The van der Waals surface area contributed by atoms with Crippen molar-refractivity contribution in [1.29, 1.82) is 0 Å². The van der Waals surface area contributed by atoms with Crippen LogP contribution in [0.25, 0.3) is 0 Å². The fourth-order valence-corrected chi connectivity index (χ4v) is 5.37. The molecule has 1 aromatic heterocycles. The van der Waals surface area contributed by atoms with Crippen LogP contribution in [0.4, 0.5) is 0 Å². The van der Waals surface area contributed by atoms with Gasteiger partial charge in [0, 0.05) is 13.1 Å². The zero-order valence-electron chi connectivity index (χ0n) is 14.0. The van der Waals surface area contributed by atoms with Gasteiger partial charge in [-0.3, -0.25) is 14.5 Å². The first kappa shape index (κ1) is 16.4. The SMILES string of the molecule is CCN1C[C@@H]2CC(N3CCCC3)c3c(I)c(=O)c(OC)c(n32)C1=O. The van der Waals surface area contributed by atoms with Crippen LogP contribution in [0.15, 0.2) is 4.79 Å². The zero-order chi connectivity index (χ0) is 17.0. The molecule has 4 rings (SSSR count). The van der Waals surface area contributed by atoms with Gasteiger partial charge in [0.05, 0.1) is 28.5 Å². The van der Waals surface area contributed by atoms with E-state index in [2.05, 4.69) is 32.1 Å². The van der Waals surface area contributed by atoms with Crippen LogP contribution in [0.1, 0.15) is 54.5 Å². The van der Waals surface area contributed by atoms with Gasteiger partial charge in [-0.25, -0.2) is 0 Å². The first-order chi connectivity index (χ1) is 11.6. The van der Waals surface area contributed by atoms with Gasteiger partial charge in [-0.15, -0.1) is 0 Å². The number of methoxy groups -OCH3 is 1. The van der Waals surface area contributed by atoms with E-state index in [4.69, 9.17) is 4.74 Å². The summed E-state index contributed by atoms with van der Waals surface area (Å²) >= 11 is 2.14. The number of likely N-dealkylation sites (N-methyl/N-ethyl adjacent to an activating group) is 1. The van der Waals surface area contributed by atoms with Crippen molar-refractivity contribution in [3.8, 4) is 5.75 Å². The number of hydrogen-bond donors (Lipinski definition) is 0. The number of ether oxygens (including phenoxy) is 1. The highest BCUT2D eigenvalue weighted by molar-refractivity contribution is 14.1. The van der Waals surface area contributed by atoms with Gasteiger partial charge in [-0.2, -0.15) is 0 Å². The first-order valence-electron chi connectivity index (χ1n) is 8.63. The molecule has 6 nitrogen and oxygen atoms in total. The maximum atomic E-state index is 12.9. The van der Waals surface area contributed by atoms with Crippen LogP contribution in [0.3, 0.4) is 0 Å². The van der Waals surface area contributed by atoms with Gasteiger partial charge < -0.3 is 14.2 Å². The molecule has 3 aliphatic heterocycles. The van der Waals surface area contributed by atoms with E-state index in [1.54, 1.807) is 0 Å². The Hall–Kier alpha value is -1.09. The van der Waals surface area contributed by atoms with E-state index in [9.17, 15) is 9.59 Å². The second kappa shape index (κ2) is 6.01. The van der Waals surface area contributed by atoms with Gasteiger partial charge in [0.2, 0.25) is 5.43 Å². The van der Waals surface area contributed by atoms with E-state index in [0.29, 0.717) is 15.8 Å². The molecular formula is C17H22IN3O3. The predicted molar refractivity (Wildman–Crippen MR) is 98.8 cm³/mol. The predicted octanol–water partition coefficient (Wildman–Crippen LogP) is 2.02. The van der Waals surface area contributed by atoms with Crippen molar-refractivity contribution in [2.45, 2.75) is 38.3 Å². The largest absolute Gasteiger partial charge is 0.491 e. The molecule has 7 heteroatoms. The van der Waals surface area contributed by atoms with Crippen LogP contribution in [0.2, 0.25) is 0 Å². The summed E-state index contributed by atoms with van der Waals surface area (Å²) in [4.78, 5) is 30.1. The maximum Gasteiger partial charge on any atom is 0.274 e. The summed E-state index contributed by atoms with van der Waals surface area (Å²) in [6, 6.07) is 0.479. The van der Waals surface area contributed by atoms with Gasteiger partial charge in [0.25, 0.3) is 5.91 Å². The molecule has 3 aliphatic rings. The second-order valence-electron chi connectivity index (χ2n) is 6.77. The number of hydrogen-bond acceptors (Lipinski definition) is 4. The number of aromatic nitrogens is 1. The quantitative estimate of drug-likeness (QED) is 0.672. The Balaban J connectivity index is 1.95. The first-order valence-corrected chi connectivity index (χ1v) is 9.71. The molecule has 130 valence electrons. The second-order valence-corrected chi connectivity index (χ2v) is 7.85. The summed E-state index contributed by atoms with van der Waals surface area (Å²) in [5, 5.41) is 0. The molecule has 0 spiro atoms. The molecule has 24 heavy (non-hydrogen) atoms. The van der Waals surface area contributed by atoms with Crippen molar-refractivity contribution >= 4 is 28.5 Å². The normalized spacial score (nSPS) is 26.1. The Labute approximate surface area is 154 Å². The van der Waals surface area contributed by atoms with Crippen LogP contribution in [-0.4, -0.2) is 53.6 Å². The van der Waals surface area contributed by atoms with Gasteiger partial charge in [0.1, 0.15) is 0 Å². The Bertz CT molecular complexity index is 754. The van der Waals surface area contributed by atoms with Crippen LogP contribution >= 0.6 is 22.6 Å². The zero-order valence-corrected chi connectivity index (χ0v) is 16.2. The topological polar surface area (TPSA) is 54.8 Å². The fraction of sp³-hybridized carbons (Fsp3) is 0.647. The Morgan fingerprint density at radius 3 is 2.58 bits per heavy atom. The van der Waals surface area contributed by atoms with Crippen molar-refractivity contribution in [1.82, 2.24) is 14.4 Å². The van der Waals surface area contributed by atoms with E-state index in [-0.39, 0.29) is 29.2 Å². The summed E-state index contributed by atoms with van der Waals surface area (Å²) in [6.45, 7) is 5.52. The summed E-state index contributed by atoms with van der Waals surface area (Å²) in [7, 11) is 1.48. The third-order valence-corrected chi connectivity index (χ3v) is 6.65. The maximum absolute atomic E-state index is 12.9. The molecule has 0 aromatic carbocycles. The van der Waals surface area contributed by atoms with Crippen LogP contribution in [-0.2, 0) is 0 Å². The molecule has 0 bridgehead atoms. The van der Waals surface area contributed by atoms with Crippen LogP contribution in [0.5, 0.6) is 5.75 Å². The van der Waals surface area contributed by atoms with Gasteiger partial charge >= 0.3 is 0 Å². The van der Waals surface area contributed by atoms with E-state index in [1.807, 2.05) is 11.8 Å². The summed E-state index contributed by atoms with van der Waals surface area (Å²) in [6.07, 6.45) is 3.40. The molecular weight excluding hydrogens is 421 g/mol. The Kier molecular flexibility index (Phi) is 4.11. The van der Waals surface area contributed by atoms with Gasteiger partial charge in [-0.1, -0.05) is 0 Å². The molecule has 4 heterocycles. The molecule has 0 saturated carbocycles. The number of likely N-dealkylation sites (tertiary alicyclic amines) is 1. The van der Waals surface area contributed by atoms with Crippen LogP contribution in [0, 0.1) is 3.57 Å². The van der Waals surface area contributed by atoms with Crippen molar-refractivity contribution in [2.24, 2.45) is 0 Å². The lowest BCUT2D eigenvalue weighted by Gasteiger charge is -2.34. The minimum absolute atomic E-state index is 0.0811.